The topological polar surface area (TPSA) is 93.5 Å². The SMILES string of the molecule is Nc1ccccc1NC(=O)c1ccc(C(=O)NOc2ccccc2)s1. The summed E-state index contributed by atoms with van der Waals surface area (Å²) < 4.78 is 0. The van der Waals surface area contributed by atoms with E-state index in [1.54, 1.807) is 60.7 Å². The highest BCUT2D eigenvalue weighted by Crippen LogP contribution is 2.21. The lowest BCUT2D eigenvalue weighted by atomic mass is 10.2. The zero-order valence-electron chi connectivity index (χ0n) is 13.1. The van der Waals surface area contributed by atoms with E-state index >= 15 is 0 Å². The number of hydrogen-bond donors (Lipinski definition) is 3. The van der Waals surface area contributed by atoms with Crippen molar-refractivity contribution in [3.05, 3.63) is 76.5 Å². The predicted octanol–water partition coefficient (Wildman–Crippen LogP) is 3.31. The van der Waals surface area contributed by atoms with Crippen molar-refractivity contribution >= 4 is 34.5 Å². The summed E-state index contributed by atoms with van der Waals surface area (Å²) in [5.74, 6) is -0.233. The number of nitrogen functional groups attached to an aromatic ring is 1. The van der Waals surface area contributed by atoms with Gasteiger partial charge < -0.3 is 15.9 Å². The van der Waals surface area contributed by atoms with Crippen LogP contribution in [0.5, 0.6) is 5.75 Å². The predicted molar refractivity (Wildman–Crippen MR) is 97.7 cm³/mol. The normalized spacial score (nSPS) is 10.1. The van der Waals surface area contributed by atoms with Crippen molar-refractivity contribution in [1.82, 2.24) is 5.48 Å². The lowest BCUT2D eigenvalue weighted by molar-refractivity contribution is 0.0764. The van der Waals surface area contributed by atoms with Gasteiger partial charge in [-0.3, -0.25) is 9.59 Å². The summed E-state index contributed by atoms with van der Waals surface area (Å²) in [5.41, 5.74) is 9.15. The molecule has 0 aliphatic heterocycles. The zero-order valence-corrected chi connectivity index (χ0v) is 13.9. The highest BCUT2D eigenvalue weighted by atomic mass is 32.1. The number of thiophene rings is 1. The van der Waals surface area contributed by atoms with Crippen LogP contribution < -0.4 is 21.4 Å². The van der Waals surface area contributed by atoms with Crippen LogP contribution in [0.3, 0.4) is 0 Å². The number of amides is 2. The van der Waals surface area contributed by atoms with Gasteiger partial charge in [-0.15, -0.1) is 11.3 Å². The third-order valence-electron chi connectivity index (χ3n) is 3.27. The number of carbonyl (C=O) groups is 2. The Balaban J connectivity index is 1.62. The number of hydroxylamine groups is 1. The molecule has 0 fully saturated rings. The maximum Gasteiger partial charge on any atom is 0.293 e. The third-order valence-corrected chi connectivity index (χ3v) is 4.35. The van der Waals surface area contributed by atoms with Crippen LogP contribution in [-0.2, 0) is 0 Å². The summed E-state index contributed by atoms with van der Waals surface area (Å²) in [6, 6.07) is 19.0. The van der Waals surface area contributed by atoms with Crippen LogP contribution >= 0.6 is 11.3 Å². The van der Waals surface area contributed by atoms with E-state index in [0.29, 0.717) is 26.9 Å². The second-order valence-electron chi connectivity index (χ2n) is 5.05. The monoisotopic (exact) mass is 353 g/mol. The Labute approximate surface area is 148 Å². The van der Waals surface area contributed by atoms with Gasteiger partial charge in [0.15, 0.2) is 5.75 Å². The number of hydrogen-bond acceptors (Lipinski definition) is 5. The lowest BCUT2D eigenvalue weighted by Crippen LogP contribution is -2.26. The zero-order chi connectivity index (χ0) is 17.6. The van der Waals surface area contributed by atoms with Gasteiger partial charge in [-0.05, 0) is 36.4 Å². The van der Waals surface area contributed by atoms with Crippen LogP contribution in [0, 0.1) is 0 Å². The molecule has 7 heteroatoms. The summed E-state index contributed by atoms with van der Waals surface area (Å²) >= 11 is 1.06. The van der Waals surface area contributed by atoms with Gasteiger partial charge in [-0.2, -0.15) is 5.48 Å². The van der Waals surface area contributed by atoms with Crippen molar-refractivity contribution in [2.45, 2.75) is 0 Å². The number of para-hydroxylation sites is 3. The summed E-state index contributed by atoms with van der Waals surface area (Å²) in [6.07, 6.45) is 0. The van der Waals surface area contributed by atoms with Gasteiger partial charge in [0.1, 0.15) is 0 Å². The molecule has 1 aromatic heterocycles. The Morgan fingerprint density at radius 1 is 0.840 bits per heavy atom. The van der Waals surface area contributed by atoms with Crippen molar-refractivity contribution in [2.24, 2.45) is 0 Å². The van der Waals surface area contributed by atoms with E-state index in [-0.39, 0.29) is 5.91 Å². The van der Waals surface area contributed by atoms with Crippen molar-refractivity contribution in [3.8, 4) is 5.75 Å². The molecule has 0 radical (unpaired) electrons. The van der Waals surface area contributed by atoms with E-state index in [4.69, 9.17) is 10.6 Å². The van der Waals surface area contributed by atoms with E-state index in [9.17, 15) is 9.59 Å². The fourth-order valence-corrected chi connectivity index (χ4v) is 2.81. The molecule has 4 N–H and O–H groups in total. The molecule has 0 bridgehead atoms. The first kappa shape index (κ1) is 16.5. The molecule has 0 atom stereocenters. The first-order chi connectivity index (χ1) is 12.1. The Bertz CT molecular complexity index is 893. The van der Waals surface area contributed by atoms with Gasteiger partial charge in [0.05, 0.1) is 21.1 Å². The minimum atomic E-state index is -0.424. The maximum atomic E-state index is 12.3. The molecular weight excluding hydrogens is 338 g/mol. The summed E-state index contributed by atoms with van der Waals surface area (Å²) in [6.45, 7) is 0. The highest BCUT2D eigenvalue weighted by Gasteiger charge is 2.15. The van der Waals surface area contributed by atoms with Gasteiger partial charge in [0, 0.05) is 0 Å². The highest BCUT2D eigenvalue weighted by molar-refractivity contribution is 7.16. The number of benzene rings is 2. The molecule has 0 saturated carbocycles. The van der Waals surface area contributed by atoms with Crippen molar-refractivity contribution < 1.29 is 14.4 Å². The molecule has 0 saturated heterocycles. The quantitative estimate of drug-likeness (QED) is 0.484. The maximum absolute atomic E-state index is 12.3. The largest absolute Gasteiger partial charge is 0.397 e. The third kappa shape index (κ3) is 4.15. The van der Waals surface area contributed by atoms with Crippen molar-refractivity contribution in [3.63, 3.8) is 0 Å². The van der Waals surface area contributed by atoms with Crippen LogP contribution in [0.25, 0.3) is 0 Å². The molecular formula is C18H15N3O3S. The first-order valence-electron chi connectivity index (χ1n) is 7.41. The molecule has 0 aliphatic rings. The Kier molecular flexibility index (Phi) is 4.96. The van der Waals surface area contributed by atoms with Crippen LogP contribution in [-0.4, -0.2) is 11.8 Å². The average Bonchev–Trinajstić information content (AvgIpc) is 3.13. The second kappa shape index (κ2) is 7.50. The molecule has 0 spiro atoms. The molecule has 2 aromatic carbocycles. The van der Waals surface area contributed by atoms with Crippen molar-refractivity contribution in [2.75, 3.05) is 11.1 Å². The molecule has 2 amide bonds. The molecule has 6 nitrogen and oxygen atoms in total. The molecule has 25 heavy (non-hydrogen) atoms. The number of nitrogens with two attached hydrogens (primary N) is 1. The summed E-state index contributed by atoms with van der Waals surface area (Å²) in [7, 11) is 0. The first-order valence-corrected chi connectivity index (χ1v) is 8.23. The number of rotatable bonds is 5. The minimum absolute atomic E-state index is 0.328. The molecule has 126 valence electrons. The molecule has 3 aromatic rings. The number of anilines is 2. The minimum Gasteiger partial charge on any atom is -0.397 e. The Hall–Kier alpha value is -3.32. The average molecular weight is 353 g/mol. The Morgan fingerprint density at radius 2 is 1.48 bits per heavy atom. The summed E-state index contributed by atoms with van der Waals surface area (Å²) in [5, 5.41) is 2.72. The van der Waals surface area contributed by atoms with E-state index < -0.39 is 5.91 Å². The molecule has 1 heterocycles. The summed E-state index contributed by atoms with van der Waals surface area (Å²) in [4.78, 5) is 30.3. The van der Waals surface area contributed by atoms with Gasteiger partial charge in [-0.25, -0.2) is 0 Å². The van der Waals surface area contributed by atoms with E-state index in [1.807, 2.05) is 6.07 Å². The van der Waals surface area contributed by atoms with Crippen LogP contribution in [0.15, 0.2) is 66.7 Å². The molecule has 3 rings (SSSR count). The van der Waals surface area contributed by atoms with Gasteiger partial charge in [0.2, 0.25) is 0 Å². The van der Waals surface area contributed by atoms with Crippen LogP contribution in [0.1, 0.15) is 19.3 Å². The number of nitrogens with one attached hydrogen (secondary N) is 2. The van der Waals surface area contributed by atoms with Crippen LogP contribution in [0.4, 0.5) is 11.4 Å². The molecule has 0 unspecified atom stereocenters. The smallest absolute Gasteiger partial charge is 0.293 e. The van der Waals surface area contributed by atoms with Gasteiger partial charge in [0.25, 0.3) is 11.8 Å². The standard InChI is InChI=1S/C18H15N3O3S/c19-13-8-4-5-9-14(13)20-17(22)15-10-11-16(25-15)18(23)21-24-12-6-2-1-3-7-12/h1-11H,19H2,(H,20,22)(H,21,23). The fraction of sp³-hybridized carbons (Fsp3) is 0. The van der Waals surface area contributed by atoms with Gasteiger partial charge >= 0.3 is 0 Å². The van der Waals surface area contributed by atoms with E-state index in [1.165, 1.54) is 0 Å². The van der Waals surface area contributed by atoms with Crippen molar-refractivity contribution in [1.29, 1.82) is 0 Å². The fourth-order valence-electron chi connectivity index (χ4n) is 2.02. The van der Waals surface area contributed by atoms with Crippen LogP contribution in [0.2, 0.25) is 0 Å². The van der Waals surface area contributed by atoms with E-state index in [0.717, 1.165) is 11.3 Å². The number of carbonyl (C=O) groups excluding carboxylic acids is 2. The van der Waals surface area contributed by atoms with E-state index in [2.05, 4.69) is 10.8 Å². The second-order valence-corrected chi connectivity index (χ2v) is 6.14. The molecule has 0 aliphatic carbocycles. The lowest BCUT2D eigenvalue weighted by Gasteiger charge is -2.06. The Morgan fingerprint density at radius 3 is 2.20 bits per heavy atom. The van der Waals surface area contributed by atoms with Gasteiger partial charge in [-0.1, -0.05) is 30.3 Å².